The number of aryl methyl sites for hydroxylation is 1. The average Bonchev–Trinajstić information content (AvgIpc) is 2.91. The van der Waals surface area contributed by atoms with E-state index in [4.69, 9.17) is 0 Å². The number of hydrogen-bond acceptors (Lipinski definition) is 2. The first-order valence-electron chi connectivity index (χ1n) is 8.13. The van der Waals surface area contributed by atoms with Gasteiger partial charge in [-0.3, -0.25) is 9.20 Å². The van der Waals surface area contributed by atoms with Crippen molar-refractivity contribution in [3.63, 3.8) is 0 Å². The van der Waals surface area contributed by atoms with Gasteiger partial charge in [-0.15, -0.1) is 0 Å². The highest BCUT2D eigenvalue weighted by atomic mass is 19.1. The Morgan fingerprint density at radius 2 is 2.00 bits per heavy atom. The highest BCUT2D eigenvalue weighted by Crippen LogP contribution is 2.29. The maximum absolute atomic E-state index is 13.2. The molecular weight excluding hydrogens is 305 g/mol. The second kappa shape index (κ2) is 6.83. The number of benzene rings is 1. The summed E-state index contributed by atoms with van der Waals surface area (Å²) in [5.41, 5.74) is 3.25. The molecule has 2 aromatic heterocycles. The summed E-state index contributed by atoms with van der Waals surface area (Å²) in [5, 5.41) is 2.97. The van der Waals surface area contributed by atoms with Gasteiger partial charge in [-0.05, 0) is 55.3 Å². The number of aromatic nitrogens is 2. The molecule has 2 heterocycles. The predicted octanol–water partition coefficient (Wildman–Crippen LogP) is 4.58. The SMILES string of the molecule is CCCCC(=O)Nc1c(-c2ccc(F)cc2)nc2cc(C)ccn12. The van der Waals surface area contributed by atoms with Crippen LogP contribution in [-0.2, 0) is 4.79 Å². The molecule has 0 radical (unpaired) electrons. The number of carbonyl (C=O) groups is 1. The second-order valence-corrected chi connectivity index (χ2v) is 5.90. The fourth-order valence-electron chi connectivity index (χ4n) is 2.61. The molecule has 0 aliphatic carbocycles. The van der Waals surface area contributed by atoms with E-state index in [1.54, 1.807) is 12.1 Å². The van der Waals surface area contributed by atoms with E-state index in [1.807, 2.05) is 36.6 Å². The quantitative estimate of drug-likeness (QED) is 0.746. The molecule has 0 spiro atoms. The molecule has 0 saturated carbocycles. The minimum atomic E-state index is -0.299. The average molecular weight is 325 g/mol. The topological polar surface area (TPSA) is 46.4 Å². The highest BCUT2D eigenvalue weighted by Gasteiger charge is 2.16. The molecule has 0 aliphatic rings. The van der Waals surface area contributed by atoms with Crippen LogP contribution in [0.4, 0.5) is 10.2 Å². The van der Waals surface area contributed by atoms with Gasteiger partial charge in [0.25, 0.3) is 0 Å². The molecule has 1 amide bonds. The molecule has 0 unspecified atom stereocenters. The molecule has 1 N–H and O–H groups in total. The van der Waals surface area contributed by atoms with Crippen molar-refractivity contribution in [2.45, 2.75) is 33.1 Å². The van der Waals surface area contributed by atoms with Crippen LogP contribution in [0.25, 0.3) is 16.9 Å². The summed E-state index contributed by atoms with van der Waals surface area (Å²) in [5.74, 6) is 0.284. The van der Waals surface area contributed by atoms with Gasteiger partial charge < -0.3 is 5.32 Å². The molecule has 124 valence electrons. The summed E-state index contributed by atoms with van der Waals surface area (Å²) >= 11 is 0. The Morgan fingerprint density at radius 3 is 2.71 bits per heavy atom. The van der Waals surface area contributed by atoms with Crippen molar-refractivity contribution in [1.82, 2.24) is 9.38 Å². The van der Waals surface area contributed by atoms with Crippen molar-refractivity contribution in [2.24, 2.45) is 0 Å². The zero-order valence-electron chi connectivity index (χ0n) is 13.8. The van der Waals surface area contributed by atoms with Gasteiger partial charge in [0.05, 0.1) is 0 Å². The van der Waals surface area contributed by atoms with E-state index in [0.29, 0.717) is 17.9 Å². The van der Waals surface area contributed by atoms with E-state index in [2.05, 4.69) is 10.3 Å². The van der Waals surface area contributed by atoms with Gasteiger partial charge in [-0.25, -0.2) is 9.37 Å². The number of rotatable bonds is 5. The molecule has 0 bridgehead atoms. The minimum Gasteiger partial charge on any atom is -0.310 e. The third-order valence-electron chi connectivity index (χ3n) is 3.91. The number of carbonyl (C=O) groups excluding carboxylic acids is 1. The van der Waals surface area contributed by atoms with Gasteiger partial charge >= 0.3 is 0 Å². The van der Waals surface area contributed by atoms with Gasteiger partial charge in [-0.1, -0.05) is 13.3 Å². The summed E-state index contributed by atoms with van der Waals surface area (Å²) in [6.07, 6.45) is 4.16. The van der Waals surface area contributed by atoms with Gasteiger partial charge in [0.1, 0.15) is 23.0 Å². The van der Waals surface area contributed by atoms with Crippen molar-refractivity contribution < 1.29 is 9.18 Å². The number of anilines is 1. The highest BCUT2D eigenvalue weighted by molar-refractivity contribution is 5.94. The molecule has 5 heteroatoms. The number of pyridine rings is 1. The van der Waals surface area contributed by atoms with Crippen LogP contribution in [-0.4, -0.2) is 15.3 Å². The molecule has 0 saturated heterocycles. The molecule has 3 aromatic rings. The Labute approximate surface area is 140 Å². The molecule has 0 fully saturated rings. The lowest BCUT2D eigenvalue weighted by atomic mass is 10.1. The lowest BCUT2D eigenvalue weighted by Gasteiger charge is -2.08. The number of unbranched alkanes of at least 4 members (excludes halogenated alkanes) is 1. The van der Waals surface area contributed by atoms with E-state index in [1.165, 1.54) is 12.1 Å². The standard InChI is InChI=1S/C19H20FN3O/c1-3-4-5-17(24)22-19-18(14-6-8-15(20)9-7-14)21-16-12-13(2)10-11-23(16)19/h6-12H,3-5H2,1-2H3,(H,22,24). The van der Waals surface area contributed by atoms with E-state index in [0.717, 1.165) is 29.6 Å². The number of amides is 1. The zero-order chi connectivity index (χ0) is 17.1. The van der Waals surface area contributed by atoms with E-state index < -0.39 is 0 Å². The van der Waals surface area contributed by atoms with Crippen LogP contribution in [0.3, 0.4) is 0 Å². The van der Waals surface area contributed by atoms with E-state index in [-0.39, 0.29) is 11.7 Å². The first-order valence-corrected chi connectivity index (χ1v) is 8.13. The third kappa shape index (κ3) is 3.30. The van der Waals surface area contributed by atoms with E-state index >= 15 is 0 Å². The van der Waals surface area contributed by atoms with Crippen LogP contribution in [0.2, 0.25) is 0 Å². The van der Waals surface area contributed by atoms with Crippen molar-refractivity contribution in [2.75, 3.05) is 5.32 Å². The summed E-state index contributed by atoms with van der Waals surface area (Å²) in [4.78, 5) is 16.8. The monoisotopic (exact) mass is 325 g/mol. The number of nitrogens with zero attached hydrogens (tertiary/aromatic N) is 2. The Bertz CT molecular complexity index is 868. The molecule has 3 rings (SSSR count). The number of hydrogen-bond donors (Lipinski definition) is 1. The fourth-order valence-corrected chi connectivity index (χ4v) is 2.61. The smallest absolute Gasteiger partial charge is 0.225 e. The maximum Gasteiger partial charge on any atom is 0.225 e. The van der Waals surface area contributed by atoms with Crippen LogP contribution >= 0.6 is 0 Å². The Balaban J connectivity index is 2.07. The Morgan fingerprint density at radius 1 is 1.25 bits per heavy atom. The minimum absolute atomic E-state index is 0.0393. The molecule has 24 heavy (non-hydrogen) atoms. The van der Waals surface area contributed by atoms with Gasteiger partial charge in [0.2, 0.25) is 5.91 Å². The first kappa shape index (κ1) is 16.2. The molecule has 1 aromatic carbocycles. The third-order valence-corrected chi connectivity index (χ3v) is 3.91. The normalized spacial score (nSPS) is 11.0. The van der Waals surface area contributed by atoms with Crippen LogP contribution in [0, 0.1) is 12.7 Å². The summed E-state index contributed by atoms with van der Waals surface area (Å²) in [6.45, 7) is 4.04. The van der Waals surface area contributed by atoms with E-state index in [9.17, 15) is 9.18 Å². The first-order chi connectivity index (χ1) is 11.6. The number of halogens is 1. The lowest BCUT2D eigenvalue weighted by molar-refractivity contribution is -0.116. The number of fused-ring (bicyclic) bond motifs is 1. The van der Waals surface area contributed by atoms with Crippen molar-refractivity contribution >= 4 is 17.4 Å². The van der Waals surface area contributed by atoms with Crippen LogP contribution in [0.5, 0.6) is 0 Å². The summed E-state index contributed by atoms with van der Waals surface area (Å²) in [6, 6.07) is 10.1. The molecule has 4 nitrogen and oxygen atoms in total. The molecule has 0 aliphatic heterocycles. The van der Waals surface area contributed by atoms with Crippen LogP contribution in [0.15, 0.2) is 42.6 Å². The lowest BCUT2D eigenvalue weighted by Crippen LogP contribution is -2.13. The largest absolute Gasteiger partial charge is 0.310 e. The summed E-state index contributed by atoms with van der Waals surface area (Å²) in [7, 11) is 0. The fraction of sp³-hybridized carbons (Fsp3) is 0.263. The molecule has 0 atom stereocenters. The Kier molecular flexibility index (Phi) is 4.60. The van der Waals surface area contributed by atoms with Crippen LogP contribution in [0.1, 0.15) is 31.7 Å². The molecular formula is C19H20FN3O. The second-order valence-electron chi connectivity index (χ2n) is 5.90. The zero-order valence-corrected chi connectivity index (χ0v) is 13.8. The summed E-state index contributed by atoms with van der Waals surface area (Å²) < 4.78 is 15.1. The van der Waals surface area contributed by atoms with Gasteiger partial charge in [0, 0.05) is 18.2 Å². The maximum atomic E-state index is 13.2. The van der Waals surface area contributed by atoms with Gasteiger partial charge in [0.15, 0.2) is 0 Å². The van der Waals surface area contributed by atoms with Crippen molar-refractivity contribution in [3.8, 4) is 11.3 Å². The Hall–Kier alpha value is -2.69. The van der Waals surface area contributed by atoms with Crippen molar-refractivity contribution in [3.05, 3.63) is 54.0 Å². The number of imidazole rings is 1. The van der Waals surface area contributed by atoms with Crippen LogP contribution < -0.4 is 5.32 Å². The number of nitrogens with one attached hydrogen (secondary N) is 1. The van der Waals surface area contributed by atoms with Crippen molar-refractivity contribution in [1.29, 1.82) is 0 Å². The predicted molar refractivity (Wildman–Crippen MR) is 93.5 cm³/mol. The van der Waals surface area contributed by atoms with Gasteiger partial charge in [-0.2, -0.15) is 0 Å².